The van der Waals surface area contributed by atoms with Crippen molar-refractivity contribution in [2.24, 2.45) is 5.41 Å². The number of nitriles is 1. The van der Waals surface area contributed by atoms with E-state index in [1.165, 1.54) is 5.69 Å². The lowest BCUT2D eigenvalue weighted by Crippen LogP contribution is -2.26. The quantitative estimate of drug-likeness (QED) is 0.827. The summed E-state index contributed by atoms with van der Waals surface area (Å²) in [4.78, 5) is 2.38. The van der Waals surface area contributed by atoms with Crippen LogP contribution in [0, 0.1) is 16.7 Å². The number of anilines is 1. The zero-order valence-electron chi connectivity index (χ0n) is 11.9. The lowest BCUT2D eigenvalue weighted by atomic mass is 9.90. The number of fused-ring (bicyclic) bond motifs is 1. The van der Waals surface area contributed by atoms with Gasteiger partial charge in [0.15, 0.2) is 0 Å². The van der Waals surface area contributed by atoms with Gasteiger partial charge in [0.05, 0.1) is 23.8 Å². The van der Waals surface area contributed by atoms with E-state index in [0.717, 1.165) is 44.7 Å². The minimum atomic E-state index is -0.220. The molecule has 0 spiro atoms. The molecule has 1 aliphatic rings. The van der Waals surface area contributed by atoms with E-state index in [9.17, 15) is 0 Å². The number of ether oxygens (including phenoxy) is 1. The average Bonchev–Trinajstić information content (AvgIpc) is 2.61. The van der Waals surface area contributed by atoms with Gasteiger partial charge in [-0.3, -0.25) is 0 Å². The van der Waals surface area contributed by atoms with Crippen LogP contribution in [0.1, 0.15) is 33.1 Å². The molecule has 0 atom stereocenters. The van der Waals surface area contributed by atoms with Crippen molar-refractivity contribution in [3.63, 3.8) is 0 Å². The SMILES string of the molecule is CC(C)(C#N)CCCN1CCCOc2ccccc21. The first-order chi connectivity index (χ1) is 9.12. The predicted octanol–water partition coefficient (Wildman–Crippen LogP) is 3.61. The molecule has 0 saturated heterocycles. The Morgan fingerprint density at radius 1 is 1.37 bits per heavy atom. The fourth-order valence-electron chi connectivity index (χ4n) is 2.40. The van der Waals surface area contributed by atoms with Gasteiger partial charge in [-0.2, -0.15) is 5.26 Å². The van der Waals surface area contributed by atoms with E-state index in [-0.39, 0.29) is 5.41 Å². The van der Waals surface area contributed by atoms with Crippen LogP contribution >= 0.6 is 0 Å². The Hall–Kier alpha value is -1.69. The van der Waals surface area contributed by atoms with E-state index in [2.05, 4.69) is 23.1 Å². The van der Waals surface area contributed by atoms with Crippen LogP contribution in [-0.4, -0.2) is 19.7 Å². The number of hydrogen-bond acceptors (Lipinski definition) is 3. The summed E-state index contributed by atoms with van der Waals surface area (Å²) in [7, 11) is 0. The van der Waals surface area contributed by atoms with Crippen LogP contribution in [0.15, 0.2) is 24.3 Å². The topological polar surface area (TPSA) is 36.3 Å². The first kappa shape index (κ1) is 13.7. The third-order valence-electron chi connectivity index (χ3n) is 3.57. The molecule has 2 rings (SSSR count). The largest absolute Gasteiger partial charge is 0.491 e. The van der Waals surface area contributed by atoms with Crippen LogP contribution in [0.4, 0.5) is 5.69 Å². The normalized spacial score (nSPS) is 15.1. The Morgan fingerprint density at radius 2 is 2.16 bits per heavy atom. The molecule has 1 aliphatic heterocycles. The highest BCUT2D eigenvalue weighted by molar-refractivity contribution is 5.58. The molecule has 0 fully saturated rings. The molecule has 0 N–H and O–H groups in total. The predicted molar refractivity (Wildman–Crippen MR) is 77.4 cm³/mol. The molecule has 0 unspecified atom stereocenters. The highest BCUT2D eigenvalue weighted by atomic mass is 16.5. The lowest BCUT2D eigenvalue weighted by Gasteiger charge is -2.25. The summed E-state index contributed by atoms with van der Waals surface area (Å²) in [6, 6.07) is 10.6. The van der Waals surface area contributed by atoms with Crippen molar-refractivity contribution in [3.05, 3.63) is 24.3 Å². The Bertz CT molecular complexity index is 462. The second-order valence-corrected chi connectivity index (χ2v) is 5.76. The molecule has 3 nitrogen and oxygen atoms in total. The highest BCUT2D eigenvalue weighted by Gasteiger charge is 2.19. The Kier molecular flexibility index (Phi) is 4.31. The van der Waals surface area contributed by atoms with Gasteiger partial charge in [-0.05, 0) is 45.2 Å². The van der Waals surface area contributed by atoms with Crippen molar-refractivity contribution >= 4 is 5.69 Å². The third-order valence-corrected chi connectivity index (χ3v) is 3.57. The van der Waals surface area contributed by atoms with Crippen LogP contribution in [0.3, 0.4) is 0 Å². The van der Waals surface area contributed by atoms with Crippen molar-refractivity contribution in [2.45, 2.75) is 33.1 Å². The fourth-order valence-corrected chi connectivity index (χ4v) is 2.40. The molecular weight excluding hydrogens is 236 g/mol. The molecule has 19 heavy (non-hydrogen) atoms. The van der Waals surface area contributed by atoms with Crippen LogP contribution in [-0.2, 0) is 0 Å². The minimum absolute atomic E-state index is 0.220. The number of rotatable bonds is 4. The number of benzene rings is 1. The zero-order valence-corrected chi connectivity index (χ0v) is 11.9. The van der Waals surface area contributed by atoms with Gasteiger partial charge in [0.1, 0.15) is 5.75 Å². The third kappa shape index (κ3) is 3.64. The molecule has 3 heteroatoms. The lowest BCUT2D eigenvalue weighted by molar-refractivity contribution is 0.322. The maximum atomic E-state index is 9.05. The van der Waals surface area contributed by atoms with E-state index < -0.39 is 0 Å². The first-order valence-electron chi connectivity index (χ1n) is 7.00. The molecule has 0 bridgehead atoms. The van der Waals surface area contributed by atoms with E-state index in [1.54, 1.807) is 0 Å². The summed E-state index contributed by atoms with van der Waals surface area (Å²) in [5.74, 6) is 0.986. The van der Waals surface area contributed by atoms with Gasteiger partial charge in [-0.25, -0.2) is 0 Å². The minimum Gasteiger partial charge on any atom is -0.491 e. The fraction of sp³-hybridized carbons (Fsp3) is 0.562. The van der Waals surface area contributed by atoms with Crippen molar-refractivity contribution < 1.29 is 4.74 Å². The molecule has 0 saturated carbocycles. The number of para-hydroxylation sites is 2. The van der Waals surface area contributed by atoms with Crippen molar-refractivity contribution in [2.75, 3.05) is 24.6 Å². The van der Waals surface area contributed by atoms with E-state index in [1.807, 2.05) is 26.0 Å². The van der Waals surface area contributed by atoms with Gasteiger partial charge in [0.25, 0.3) is 0 Å². The highest BCUT2D eigenvalue weighted by Crippen LogP contribution is 2.31. The Morgan fingerprint density at radius 3 is 2.95 bits per heavy atom. The van der Waals surface area contributed by atoms with Gasteiger partial charge in [0, 0.05) is 13.1 Å². The van der Waals surface area contributed by atoms with Gasteiger partial charge in [-0.1, -0.05) is 12.1 Å². The van der Waals surface area contributed by atoms with E-state index in [4.69, 9.17) is 10.00 Å². The second kappa shape index (κ2) is 5.97. The summed E-state index contributed by atoms with van der Waals surface area (Å²) in [5, 5.41) is 9.05. The second-order valence-electron chi connectivity index (χ2n) is 5.76. The van der Waals surface area contributed by atoms with Crippen molar-refractivity contribution in [1.29, 1.82) is 5.26 Å². The van der Waals surface area contributed by atoms with Gasteiger partial charge in [0.2, 0.25) is 0 Å². The van der Waals surface area contributed by atoms with Gasteiger partial charge >= 0.3 is 0 Å². The zero-order chi connectivity index (χ0) is 13.7. The molecule has 1 heterocycles. The molecule has 102 valence electrons. The summed E-state index contributed by atoms with van der Waals surface area (Å²) in [6.45, 7) is 6.83. The van der Waals surface area contributed by atoms with Gasteiger partial charge < -0.3 is 9.64 Å². The molecular formula is C16H22N2O. The molecule has 0 radical (unpaired) electrons. The number of hydrogen-bond donors (Lipinski definition) is 0. The Balaban J connectivity index is 1.99. The summed E-state index contributed by atoms with van der Waals surface area (Å²) in [5.41, 5.74) is 0.969. The number of nitrogens with zero attached hydrogens (tertiary/aromatic N) is 2. The molecule has 0 amide bonds. The summed E-state index contributed by atoms with van der Waals surface area (Å²) >= 11 is 0. The van der Waals surface area contributed by atoms with Crippen molar-refractivity contribution in [1.82, 2.24) is 0 Å². The van der Waals surface area contributed by atoms with Gasteiger partial charge in [-0.15, -0.1) is 0 Å². The molecule has 1 aromatic carbocycles. The summed E-state index contributed by atoms with van der Waals surface area (Å²) in [6.07, 6.45) is 3.02. The van der Waals surface area contributed by atoms with Crippen LogP contribution in [0.2, 0.25) is 0 Å². The van der Waals surface area contributed by atoms with Crippen molar-refractivity contribution in [3.8, 4) is 11.8 Å². The summed E-state index contributed by atoms with van der Waals surface area (Å²) < 4.78 is 5.75. The monoisotopic (exact) mass is 258 g/mol. The maximum Gasteiger partial charge on any atom is 0.142 e. The van der Waals surface area contributed by atoms with Crippen LogP contribution in [0.5, 0.6) is 5.75 Å². The first-order valence-corrected chi connectivity index (χ1v) is 7.00. The Labute approximate surface area is 115 Å². The average molecular weight is 258 g/mol. The molecule has 1 aromatic rings. The van der Waals surface area contributed by atoms with Crippen LogP contribution < -0.4 is 9.64 Å². The smallest absolute Gasteiger partial charge is 0.142 e. The molecule has 0 aliphatic carbocycles. The van der Waals surface area contributed by atoms with E-state index >= 15 is 0 Å². The maximum absolute atomic E-state index is 9.05. The van der Waals surface area contributed by atoms with Crippen LogP contribution in [0.25, 0.3) is 0 Å². The van der Waals surface area contributed by atoms with E-state index in [0.29, 0.717) is 0 Å². The standard InChI is InChI=1S/C16H22N2O/c1-16(2,13-17)9-5-10-18-11-6-12-19-15-8-4-3-7-14(15)18/h3-4,7-8H,5-6,9-12H2,1-2H3. The molecule has 0 aromatic heterocycles.